The number of benzene rings is 1. The van der Waals surface area contributed by atoms with Crippen LogP contribution < -0.4 is 15.4 Å². The molecule has 3 aromatic rings. The van der Waals surface area contributed by atoms with Crippen molar-refractivity contribution in [1.29, 1.82) is 0 Å². The van der Waals surface area contributed by atoms with Crippen LogP contribution in [-0.4, -0.2) is 64.4 Å². The highest BCUT2D eigenvalue weighted by Crippen LogP contribution is 2.24. The van der Waals surface area contributed by atoms with Crippen LogP contribution in [0.25, 0.3) is 6.08 Å². The SMILES string of the molecule is O=C(/C=C/c1ccc(Cl)cc1)N[C@@H](Cc1ccccn1)C(=O)NCC(=O)N1CCC(Oc2ncccc2Cl)CC1. The second-order valence-corrected chi connectivity index (χ2v) is 10.0. The number of nitrogens with zero attached hydrogens (tertiary/aromatic N) is 3. The second-order valence-electron chi connectivity index (χ2n) is 9.18. The van der Waals surface area contributed by atoms with Crippen LogP contribution in [0.5, 0.6) is 5.88 Å². The van der Waals surface area contributed by atoms with Crippen molar-refractivity contribution in [2.45, 2.75) is 31.4 Å². The van der Waals surface area contributed by atoms with Crippen LogP contribution in [0.1, 0.15) is 24.1 Å². The van der Waals surface area contributed by atoms with E-state index in [0.717, 1.165) is 5.56 Å². The first-order valence-electron chi connectivity index (χ1n) is 12.8. The Kier molecular flexibility index (Phi) is 10.5. The molecule has 3 amide bonds. The number of amides is 3. The number of nitrogens with one attached hydrogen (secondary N) is 2. The van der Waals surface area contributed by atoms with Gasteiger partial charge in [-0.2, -0.15) is 0 Å². The van der Waals surface area contributed by atoms with E-state index < -0.39 is 17.9 Å². The normalized spacial score (nSPS) is 14.5. The number of hydrogen-bond acceptors (Lipinski definition) is 6. The number of halogens is 2. The van der Waals surface area contributed by atoms with E-state index in [1.165, 1.54) is 6.08 Å². The molecule has 0 spiro atoms. The third kappa shape index (κ3) is 8.79. The standard InChI is InChI=1S/C29H29Cl2N5O4/c30-21-9-6-20(7-10-21)8-11-26(37)35-25(18-22-4-1-2-14-32-22)28(39)34-19-27(38)36-16-12-23(13-17-36)40-29-24(31)5-3-15-33-29/h1-11,14-15,23,25H,12-13,16-19H2,(H,34,39)(H,35,37)/b11-8+/t25-/m0/s1. The minimum Gasteiger partial charge on any atom is -0.473 e. The summed E-state index contributed by atoms with van der Waals surface area (Å²) in [5.41, 5.74) is 1.42. The molecule has 1 aliphatic heterocycles. The van der Waals surface area contributed by atoms with Crippen LogP contribution in [0.2, 0.25) is 10.0 Å². The largest absolute Gasteiger partial charge is 0.473 e. The Hall–Kier alpha value is -3.95. The molecule has 1 atom stereocenters. The third-order valence-corrected chi connectivity index (χ3v) is 6.82. The summed E-state index contributed by atoms with van der Waals surface area (Å²) in [7, 11) is 0. The minimum atomic E-state index is -0.924. The smallest absolute Gasteiger partial charge is 0.244 e. The van der Waals surface area contributed by atoms with Crippen molar-refractivity contribution < 1.29 is 19.1 Å². The van der Waals surface area contributed by atoms with E-state index in [1.807, 2.05) is 0 Å². The van der Waals surface area contributed by atoms with Crippen molar-refractivity contribution in [2.24, 2.45) is 0 Å². The Morgan fingerprint density at radius 3 is 2.45 bits per heavy atom. The number of carbonyl (C=O) groups is 3. The number of piperidine rings is 1. The van der Waals surface area contributed by atoms with E-state index in [-0.39, 0.29) is 25.0 Å². The van der Waals surface area contributed by atoms with E-state index in [9.17, 15) is 14.4 Å². The lowest BCUT2D eigenvalue weighted by Gasteiger charge is -2.32. The van der Waals surface area contributed by atoms with Gasteiger partial charge in [0.25, 0.3) is 0 Å². The van der Waals surface area contributed by atoms with Crippen LogP contribution in [0.4, 0.5) is 0 Å². The molecular formula is C29H29Cl2N5O4. The Balaban J connectivity index is 1.29. The van der Waals surface area contributed by atoms with E-state index >= 15 is 0 Å². The van der Waals surface area contributed by atoms with Crippen molar-refractivity contribution in [1.82, 2.24) is 25.5 Å². The Bertz CT molecular complexity index is 1330. The Morgan fingerprint density at radius 1 is 1.00 bits per heavy atom. The van der Waals surface area contributed by atoms with Gasteiger partial charge in [0, 0.05) is 61.5 Å². The molecule has 0 unspecified atom stereocenters. The molecule has 4 rings (SSSR count). The van der Waals surface area contributed by atoms with Crippen molar-refractivity contribution in [3.05, 3.63) is 94.4 Å². The number of hydrogen-bond donors (Lipinski definition) is 2. The predicted molar refractivity (Wildman–Crippen MR) is 153 cm³/mol. The maximum atomic E-state index is 13.1. The molecule has 1 fully saturated rings. The summed E-state index contributed by atoms with van der Waals surface area (Å²) in [5.74, 6) is -0.763. The van der Waals surface area contributed by atoms with Gasteiger partial charge in [-0.05, 0) is 48.0 Å². The van der Waals surface area contributed by atoms with Gasteiger partial charge in [-0.15, -0.1) is 0 Å². The molecule has 9 nitrogen and oxygen atoms in total. The van der Waals surface area contributed by atoms with Crippen LogP contribution in [0.3, 0.4) is 0 Å². The molecule has 3 heterocycles. The topological polar surface area (TPSA) is 114 Å². The fraction of sp³-hybridized carbons (Fsp3) is 0.276. The molecule has 208 valence electrons. The number of pyridine rings is 2. The lowest BCUT2D eigenvalue weighted by Crippen LogP contribution is -2.51. The molecule has 1 saturated heterocycles. The van der Waals surface area contributed by atoms with Gasteiger partial charge < -0.3 is 20.3 Å². The van der Waals surface area contributed by atoms with Gasteiger partial charge >= 0.3 is 0 Å². The first-order chi connectivity index (χ1) is 19.4. The Labute approximate surface area is 242 Å². The van der Waals surface area contributed by atoms with Gasteiger partial charge in [0.15, 0.2) is 0 Å². The number of carbonyl (C=O) groups excluding carboxylic acids is 3. The lowest BCUT2D eigenvalue weighted by atomic mass is 10.1. The summed E-state index contributed by atoms with van der Waals surface area (Å²) in [5, 5.41) is 6.43. The van der Waals surface area contributed by atoms with Crippen LogP contribution in [-0.2, 0) is 20.8 Å². The quantitative estimate of drug-likeness (QED) is 0.353. The van der Waals surface area contributed by atoms with E-state index in [1.54, 1.807) is 78.0 Å². The fourth-order valence-corrected chi connectivity index (χ4v) is 4.43. The Morgan fingerprint density at radius 2 is 1.75 bits per heavy atom. The van der Waals surface area contributed by atoms with Gasteiger partial charge in [-0.25, -0.2) is 4.98 Å². The van der Waals surface area contributed by atoms with Gasteiger partial charge in [0.05, 0.1) is 6.54 Å². The molecule has 0 aliphatic carbocycles. The molecule has 11 heteroatoms. The van der Waals surface area contributed by atoms with Crippen molar-refractivity contribution in [2.75, 3.05) is 19.6 Å². The van der Waals surface area contributed by atoms with Crippen molar-refractivity contribution in [3.8, 4) is 5.88 Å². The molecule has 0 radical (unpaired) electrons. The van der Waals surface area contributed by atoms with Crippen LogP contribution in [0, 0.1) is 0 Å². The summed E-state index contributed by atoms with van der Waals surface area (Å²) in [6.45, 7) is 0.770. The van der Waals surface area contributed by atoms with E-state index in [4.69, 9.17) is 27.9 Å². The predicted octanol–water partition coefficient (Wildman–Crippen LogP) is 3.71. The average molecular weight is 582 g/mol. The summed E-state index contributed by atoms with van der Waals surface area (Å²) in [6.07, 6.45) is 7.49. The molecule has 40 heavy (non-hydrogen) atoms. The first kappa shape index (κ1) is 29.0. The van der Waals surface area contributed by atoms with E-state index in [0.29, 0.717) is 47.6 Å². The number of rotatable bonds is 10. The summed E-state index contributed by atoms with van der Waals surface area (Å²) in [6, 6.07) is 14.9. The zero-order valence-electron chi connectivity index (χ0n) is 21.6. The highest BCUT2D eigenvalue weighted by atomic mass is 35.5. The minimum absolute atomic E-state index is 0.107. The average Bonchev–Trinajstić information content (AvgIpc) is 2.97. The van der Waals surface area contributed by atoms with Gasteiger partial charge in [-0.1, -0.05) is 41.4 Å². The first-order valence-corrected chi connectivity index (χ1v) is 13.6. The van der Waals surface area contributed by atoms with Gasteiger partial charge in [0.2, 0.25) is 23.6 Å². The summed E-state index contributed by atoms with van der Waals surface area (Å²) >= 11 is 12.0. The summed E-state index contributed by atoms with van der Waals surface area (Å²) < 4.78 is 5.88. The highest BCUT2D eigenvalue weighted by Gasteiger charge is 2.26. The number of ether oxygens (including phenoxy) is 1. The monoisotopic (exact) mass is 581 g/mol. The molecule has 0 bridgehead atoms. The lowest BCUT2D eigenvalue weighted by molar-refractivity contribution is -0.135. The molecule has 2 N–H and O–H groups in total. The van der Waals surface area contributed by atoms with Crippen LogP contribution in [0.15, 0.2) is 73.1 Å². The van der Waals surface area contributed by atoms with Crippen molar-refractivity contribution in [3.63, 3.8) is 0 Å². The maximum absolute atomic E-state index is 13.1. The fourth-order valence-electron chi connectivity index (χ4n) is 4.14. The number of aromatic nitrogens is 2. The number of likely N-dealkylation sites (tertiary alicyclic amines) is 1. The third-order valence-electron chi connectivity index (χ3n) is 6.28. The molecule has 1 aliphatic rings. The zero-order chi connectivity index (χ0) is 28.3. The zero-order valence-corrected chi connectivity index (χ0v) is 23.1. The summed E-state index contributed by atoms with van der Waals surface area (Å²) in [4.78, 5) is 48.6. The second kappa shape index (κ2) is 14.4. The van der Waals surface area contributed by atoms with Crippen molar-refractivity contribution >= 4 is 47.0 Å². The van der Waals surface area contributed by atoms with Gasteiger partial charge in [0.1, 0.15) is 17.2 Å². The van der Waals surface area contributed by atoms with Crippen LogP contribution >= 0.6 is 23.2 Å². The highest BCUT2D eigenvalue weighted by molar-refractivity contribution is 6.31. The maximum Gasteiger partial charge on any atom is 0.244 e. The molecule has 1 aromatic carbocycles. The van der Waals surface area contributed by atoms with E-state index in [2.05, 4.69) is 20.6 Å². The van der Waals surface area contributed by atoms with Gasteiger partial charge in [-0.3, -0.25) is 19.4 Å². The molecule has 0 saturated carbocycles. The molecule has 2 aromatic heterocycles. The molecular weight excluding hydrogens is 553 g/mol.